The van der Waals surface area contributed by atoms with Crippen LogP contribution in [0.5, 0.6) is 0 Å². The van der Waals surface area contributed by atoms with E-state index in [-0.39, 0.29) is 0 Å². The smallest absolute Gasteiger partial charge is 0.180 e. The fourth-order valence-corrected chi connectivity index (χ4v) is 3.08. The quantitative estimate of drug-likeness (QED) is 0.829. The van der Waals surface area contributed by atoms with E-state index in [1.165, 1.54) is 0 Å². The molecule has 1 saturated heterocycles. The van der Waals surface area contributed by atoms with Crippen LogP contribution in [0.1, 0.15) is 13.2 Å². The van der Waals surface area contributed by atoms with Crippen molar-refractivity contribution in [1.29, 1.82) is 0 Å². The number of nitrogens with zero attached hydrogens (tertiary/aromatic N) is 2. The molecule has 0 bridgehead atoms. The SMILES string of the molecule is C[C@H]1O[C@@H](n2c(Br)nc3cc(Cl)ccc32)[C@H](O)[C@@H]1O. The number of ether oxygens (including phenoxy) is 1. The van der Waals surface area contributed by atoms with Crippen molar-refractivity contribution in [2.75, 3.05) is 0 Å². The summed E-state index contributed by atoms with van der Waals surface area (Å²) in [6.45, 7) is 1.72. The Morgan fingerprint density at radius 1 is 1.37 bits per heavy atom. The van der Waals surface area contributed by atoms with Gasteiger partial charge in [-0.2, -0.15) is 0 Å². The van der Waals surface area contributed by atoms with E-state index in [1.54, 1.807) is 29.7 Å². The highest BCUT2D eigenvalue weighted by atomic mass is 79.9. The Morgan fingerprint density at radius 2 is 2.11 bits per heavy atom. The first kappa shape index (κ1) is 13.3. The Labute approximate surface area is 122 Å². The van der Waals surface area contributed by atoms with Gasteiger partial charge < -0.3 is 14.9 Å². The predicted molar refractivity (Wildman–Crippen MR) is 74.0 cm³/mol. The maximum Gasteiger partial charge on any atom is 0.180 e. The Hall–Kier alpha value is -0.660. The number of rotatable bonds is 1. The molecule has 1 aromatic heterocycles. The van der Waals surface area contributed by atoms with Crippen LogP contribution in [0.4, 0.5) is 0 Å². The molecule has 2 heterocycles. The number of aliphatic hydroxyl groups excluding tert-OH is 2. The zero-order valence-corrected chi connectivity index (χ0v) is 12.3. The lowest BCUT2D eigenvalue weighted by Gasteiger charge is -2.18. The Bertz CT molecular complexity index is 633. The van der Waals surface area contributed by atoms with E-state index in [0.717, 1.165) is 5.52 Å². The molecule has 2 aromatic rings. The molecule has 2 N–H and O–H groups in total. The Morgan fingerprint density at radius 3 is 2.74 bits per heavy atom. The summed E-state index contributed by atoms with van der Waals surface area (Å²) in [6.07, 6.45) is -3.02. The standard InChI is InChI=1S/C12H12BrClN2O3/c1-5-9(17)10(18)11(19-5)16-8-3-2-6(14)4-7(8)15-12(16)13/h2-5,9-11,17-18H,1H3/t5-,9-,10-,11-/m1/s1. The minimum Gasteiger partial charge on any atom is -0.388 e. The minimum absolute atomic E-state index is 0.434. The summed E-state index contributed by atoms with van der Waals surface area (Å²) in [5.41, 5.74) is 1.48. The third-order valence-electron chi connectivity index (χ3n) is 3.34. The lowest BCUT2D eigenvalue weighted by atomic mass is 10.1. The van der Waals surface area contributed by atoms with Crippen molar-refractivity contribution in [2.45, 2.75) is 31.5 Å². The first-order valence-electron chi connectivity index (χ1n) is 5.83. The summed E-state index contributed by atoms with van der Waals surface area (Å²) in [5, 5.41) is 20.5. The van der Waals surface area contributed by atoms with Crippen molar-refractivity contribution >= 4 is 38.6 Å². The molecule has 1 aliphatic rings. The van der Waals surface area contributed by atoms with E-state index in [9.17, 15) is 10.2 Å². The number of hydrogen-bond donors (Lipinski definition) is 2. The molecule has 0 unspecified atom stereocenters. The third kappa shape index (κ3) is 2.08. The molecule has 5 nitrogen and oxygen atoms in total. The average Bonchev–Trinajstić information content (AvgIpc) is 2.80. The molecule has 102 valence electrons. The van der Waals surface area contributed by atoms with Gasteiger partial charge in [0.2, 0.25) is 0 Å². The van der Waals surface area contributed by atoms with Crippen molar-refractivity contribution in [3.05, 3.63) is 28.0 Å². The molecule has 3 rings (SSSR count). The predicted octanol–water partition coefficient (Wildman–Crippen LogP) is 2.09. The number of fused-ring (bicyclic) bond motifs is 1. The molecule has 1 aromatic carbocycles. The van der Waals surface area contributed by atoms with Gasteiger partial charge >= 0.3 is 0 Å². The zero-order valence-electron chi connectivity index (χ0n) is 9.99. The topological polar surface area (TPSA) is 67.5 Å². The molecule has 7 heteroatoms. The number of aliphatic hydroxyl groups is 2. The molecular formula is C12H12BrClN2O3. The highest BCUT2D eigenvalue weighted by Crippen LogP contribution is 2.35. The molecule has 1 fully saturated rings. The number of hydrogen-bond acceptors (Lipinski definition) is 4. The monoisotopic (exact) mass is 346 g/mol. The second kappa shape index (κ2) is 4.71. The van der Waals surface area contributed by atoms with Gasteiger partial charge in [0.15, 0.2) is 11.0 Å². The normalized spacial score (nSPS) is 31.2. The van der Waals surface area contributed by atoms with E-state index < -0.39 is 24.5 Å². The highest BCUT2D eigenvalue weighted by molar-refractivity contribution is 9.10. The van der Waals surface area contributed by atoms with Crippen LogP contribution in [0.2, 0.25) is 5.02 Å². The number of imidazole rings is 1. The van der Waals surface area contributed by atoms with E-state index in [1.807, 2.05) is 0 Å². The van der Waals surface area contributed by atoms with Crippen LogP contribution in [0.3, 0.4) is 0 Å². The van der Waals surface area contributed by atoms with E-state index in [2.05, 4.69) is 20.9 Å². The van der Waals surface area contributed by atoms with Crippen LogP contribution in [0, 0.1) is 0 Å². The fourth-order valence-electron chi connectivity index (χ4n) is 2.33. The average molecular weight is 348 g/mol. The van der Waals surface area contributed by atoms with Crippen LogP contribution in [-0.2, 0) is 4.74 Å². The summed E-state index contributed by atoms with van der Waals surface area (Å²) < 4.78 is 7.84. The van der Waals surface area contributed by atoms with Gasteiger partial charge in [0.25, 0.3) is 0 Å². The summed E-state index contributed by atoms with van der Waals surface area (Å²) in [4.78, 5) is 4.33. The molecule has 0 saturated carbocycles. The molecular weight excluding hydrogens is 336 g/mol. The second-order valence-corrected chi connectivity index (χ2v) is 5.74. The van der Waals surface area contributed by atoms with Gasteiger partial charge in [0.05, 0.1) is 17.1 Å². The molecule has 0 amide bonds. The number of benzene rings is 1. The lowest BCUT2D eigenvalue weighted by Crippen LogP contribution is -2.30. The largest absolute Gasteiger partial charge is 0.388 e. The van der Waals surface area contributed by atoms with Crippen molar-refractivity contribution in [3.8, 4) is 0 Å². The van der Waals surface area contributed by atoms with Crippen LogP contribution >= 0.6 is 27.5 Å². The molecule has 0 aliphatic carbocycles. The molecule has 0 spiro atoms. The van der Waals surface area contributed by atoms with Crippen LogP contribution in [0.25, 0.3) is 11.0 Å². The van der Waals surface area contributed by atoms with Crippen LogP contribution in [0.15, 0.2) is 22.9 Å². The second-order valence-electron chi connectivity index (χ2n) is 4.60. The third-order valence-corrected chi connectivity index (χ3v) is 4.13. The minimum atomic E-state index is -1.00. The first-order valence-corrected chi connectivity index (χ1v) is 7.00. The van der Waals surface area contributed by atoms with Crippen LogP contribution < -0.4 is 0 Å². The van der Waals surface area contributed by atoms with Gasteiger partial charge in [-0.25, -0.2) is 4.98 Å². The van der Waals surface area contributed by atoms with Gasteiger partial charge in [-0.05, 0) is 41.1 Å². The molecule has 1 aliphatic heterocycles. The van der Waals surface area contributed by atoms with Gasteiger partial charge in [0.1, 0.15) is 12.2 Å². The fraction of sp³-hybridized carbons (Fsp3) is 0.417. The van der Waals surface area contributed by atoms with Crippen molar-refractivity contribution < 1.29 is 14.9 Å². The van der Waals surface area contributed by atoms with Gasteiger partial charge in [-0.1, -0.05) is 11.6 Å². The molecule has 0 radical (unpaired) electrons. The maximum absolute atomic E-state index is 10.1. The van der Waals surface area contributed by atoms with Crippen molar-refractivity contribution in [1.82, 2.24) is 9.55 Å². The van der Waals surface area contributed by atoms with Crippen molar-refractivity contribution in [2.24, 2.45) is 0 Å². The Kier molecular flexibility index (Phi) is 3.31. The van der Waals surface area contributed by atoms with E-state index in [0.29, 0.717) is 15.3 Å². The molecule has 19 heavy (non-hydrogen) atoms. The maximum atomic E-state index is 10.1. The van der Waals surface area contributed by atoms with Gasteiger partial charge in [-0.15, -0.1) is 0 Å². The number of aromatic nitrogens is 2. The number of halogens is 2. The lowest BCUT2D eigenvalue weighted by molar-refractivity contribution is -0.0309. The van der Waals surface area contributed by atoms with E-state index in [4.69, 9.17) is 16.3 Å². The van der Waals surface area contributed by atoms with E-state index >= 15 is 0 Å². The van der Waals surface area contributed by atoms with Crippen LogP contribution in [-0.4, -0.2) is 38.1 Å². The van der Waals surface area contributed by atoms with Crippen molar-refractivity contribution in [3.63, 3.8) is 0 Å². The first-order chi connectivity index (χ1) is 8.99. The molecule has 4 atom stereocenters. The zero-order chi connectivity index (χ0) is 13.7. The summed E-state index contributed by atoms with van der Waals surface area (Å²) in [7, 11) is 0. The Balaban J connectivity index is 2.13. The van der Waals surface area contributed by atoms with Gasteiger partial charge in [0, 0.05) is 5.02 Å². The summed E-state index contributed by atoms with van der Waals surface area (Å²) in [5.74, 6) is 0. The summed E-state index contributed by atoms with van der Waals surface area (Å²) >= 11 is 9.28. The summed E-state index contributed by atoms with van der Waals surface area (Å²) in [6, 6.07) is 5.29. The highest BCUT2D eigenvalue weighted by Gasteiger charge is 2.42. The van der Waals surface area contributed by atoms with Gasteiger partial charge in [-0.3, -0.25) is 4.57 Å².